The zero-order valence-electron chi connectivity index (χ0n) is 11.7. The topological polar surface area (TPSA) is 46.9 Å². The standard InChI is InChI=1S/C17H14BrN3O/c18-15-8-6-14(7-9-15)17(22)19-16-10-11-21(20-16)12-13-4-2-1-3-5-13/h1-11H,12H2,(H,19,20,22). The highest BCUT2D eigenvalue weighted by molar-refractivity contribution is 9.10. The number of nitrogens with one attached hydrogen (secondary N) is 1. The van der Waals surface area contributed by atoms with Gasteiger partial charge in [-0.25, -0.2) is 0 Å². The second-order valence-corrected chi connectivity index (χ2v) is 5.76. The number of halogens is 1. The molecule has 0 bridgehead atoms. The molecule has 0 aliphatic heterocycles. The average Bonchev–Trinajstić information content (AvgIpc) is 2.96. The molecule has 0 radical (unpaired) electrons. The maximum absolute atomic E-state index is 12.1. The molecule has 2 aromatic carbocycles. The number of hydrogen-bond donors (Lipinski definition) is 1. The van der Waals surface area contributed by atoms with Crippen LogP contribution in [0.25, 0.3) is 0 Å². The van der Waals surface area contributed by atoms with Gasteiger partial charge in [0.25, 0.3) is 5.91 Å². The lowest BCUT2D eigenvalue weighted by atomic mass is 10.2. The molecule has 5 heteroatoms. The van der Waals surface area contributed by atoms with Crippen LogP contribution in [0.5, 0.6) is 0 Å². The van der Waals surface area contributed by atoms with Crippen LogP contribution in [0.2, 0.25) is 0 Å². The summed E-state index contributed by atoms with van der Waals surface area (Å²) in [5.74, 6) is 0.376. The van der Waals surface area contributed by atoms with E-state index in [-0.39, 0.29) is 5.91 Å². The van der Waals surface area contributed by atoms with Crippen molar-refractivity contribution in [1.29, 1.82) is 0 Å². The molecule has 0 aliphatic carbocycles. The zero-order valence-corrected chi connectivity index (χ0v) is 13.3. The molecule has 3 aromatic rings. The van der Waals surface area contributed by atoms with E-state index in [9.17, 15) is 4.79 Å². The normalized spacial score (nSPS) is 10.4. The van der Waals surface area contributed by atoms with E-state index in [1.54, 1.807) is 22.9 Å². The molecule has 0 spiro atoms. The number of carbonyl (C=O) groups excluding carboxylic acids is 1. The Hall–Kier alpha value is -2.40. The van der Waals surface area contributed by atoms with Crippen LogP contribution < -0.4 is 5.32 Å². The zero-order chi connectivity index (χ0) is 15.4. The summed E-state index contributed by atoms with van der Waals surface area (Å²) in [6.45, 7) is 0.676. The van der Waals surface area contributed by atoms with E-state index >= 15 is 0 Å². The fourth-order valence-electron chi connectivity index (χ4n) is 2.08. The van der Waals surface area contributed by atoms with E-state index in [2.05, 4.69) is 26.3 Å². The number of nitrogens with zero attached hydrogens (tertiary/aromatic N) is 2. The van der Waals surface area contributed by atoms with Crippen LogP contribution in [-0.2, 0) is 6.54 Å². The van der Waals surface area contributed by atoms with Crippen molar-refractivity contribution in [2.45, 2.75) is 6.54 Å². The minimum atomic E-state index is -0.169. The molecule has 0 atom stereocenters. The van der Waals surface area contributed by atoms with Gasteiger partial charge in [0.05, 0.1) is 6.54 Å². The Labute approximate surface area is 136 Å². The molecule has 0 fully saturated rings. The average molecular weight is 356 g/mol. The van der Waals surface area contributed by atoms with Crippen LogP contribution in [0.4, 0.5) is 5.82 Å². The first-order chi connectivity index (χ1) is 10.7. The Morgan fingerprint density at radius 2 is 1.77 bits per heavy atom. The summed E-state index contributed by atoms with van der Waals surface area (Å²) >= 11 is 3.35. The van der Waals surface area contributed by atoms with Crippen molar-refractivity contribution in [2.75, 3.05) is 5.32 Å². The largest absolute Gasteiger partial charge is 0.305 e. The van der Waals surface area contributed by atoms with Crippen molar-refractivity contribution < 1.29 is 4.79 Å². The molecule has 1 aromatic heterocycles. The molecule has 22 heavy (non-hydrogen) atoms. The maximum atomic E-state index is 12.1. The third-order valence-corrected chi connectivity index (χ3v) is 3.70. The Morgan fingerprint density at radius 1 is 1.05 bits per heavy atom. The Balaban J connectivity index is 1.66. The third kappa shape index (κ3) is 3.62. The summed E-state index contributed by atoms with van der Waals surface area (Å²) in [6, 6.07) is 19.1. The van der Waals surface area contributed by atoms with Gasteiger partial charge in [-0.05, 0) is 29.8 Å². The van der Waals surface area contributed by atoms with Crippen molar-refractivity contribution in [1.82, 2.24) is 9.78 Å². The Kier molecular flexibility index (Phi) is 4.34. The van der Waals surface area contributed by atoms with Gasteiger partial charge in [-0.2, -0.15) is 5.10 Å². The number of rotatable bonds is 4. The van der Waals surface area contributed by atoms with Crippen LogP contribution in [0.1, 0.15) is 15.9 Å². The predicted octanol–water partition coefficient (Wildman–Crippen LogP) is 3.95. The van der Waals surface area contributed by atoms with Crippen LogP contribution in [0, 0.1) is 0 Å². The van der Waals surface area contributed by atoms with E-state index in [0.717, 1.165) is 10.0 Å². The Morgan fingerprint density at radius 3 is 2.50 bits per heavy atom. The quantitative estimate of drug-likeness (QED) is 0.770. The lowest BCUT2D eigenvalue weighted by Gasteiger charge is -2.03. The van der Waals surface area contributed by atoms with E-state index < -0.39 is 0 Å². The van der Waals surface area contributed by atoms with Gasteiger partial charge >= 0.3 is 0 Å². The van der Waals surface area contributed by atoms with E-state index in [4.69, 9.17) is 0 Å². The van der Waals surface area contributed by atoms with Crippen LogP contribution in [-0.4, -0.2) is 15.7 Å². The molecule has 0 aliphatic rings. The first-order valence-electron chi connectivity index (χ1n) is 6.85. The molecule has 3 rings (SSSR count). The van der Waals surface area contributed by atoms with Crippen molar-refractivity contribution in [3.63, 3.8) is 0 Å². The SMILES string of the molecule is O=C(Nc1ccn(Cc2ccccc2)n1)c1ccc(Br)cc1. The van der Waals surface area contributed by atoms with Crippen molar-refractivity contribution >= 4 is 27.7 Å². The molecule has 1 N–H and O–H groups in total. The smallest absolute Gasteiger partial charge is 0.256 e. The molecular formula is C17H14BrN3O. The number of benzene rings is 2. The fraction of sp³-hybridized carbons (Fsp3) is 0.0588. The molecule has 110 valence electrons. The number of hydrogen-bond acceptors (Lipinski definition) is 2. The molecule has 0 unspecified atom stereocenters. The second-order valence-electron chi connectivity index (χ2n) is 4.85. The summed E-state index contributed by atoms with van der Waals surface area (Å²) in [5.41, 5.74) is 1.76. The molecule has 1 heterocycles. The molecule has 0 saturated heterocycles. The highest BCUT2D eigenvalue weighted by Gasteiger charge is 2.08. The van der Waals surface area contributed by atoms with Crippen LogP contribution >= 0.6 is 15.9 Å². The minimum absolute atomic E-state index is 0.169. The van der Waals surface area contributed by atoms with Gasteiger partial charge in [-0.15, -0.1) is 0 Å². The van der Waals surface area contributed by atoms with Gasteiger partial charge in [-0.3, -0.25) is 9.48 Å². The van der Waals surface area contributed by atoms with Gasteiger partial charge in [-0.1, -0.05) is 46.3 Å². The van der Waals surface area contributed by atoms with Gasteiger partial charge in [0.15, 0.2) is 5.82 Å². The molecular weight excluding hydrogens is 342 g/mol. The lowest BCUT2D eigenvalue weighted by Crippen LogP contribution is -2.12. The summed E-state index contributed by atoms with van der Waals surface area (Å²) in [7, 11) is 0. The highest BCUT2D eigenvalue weighted by atomic mass is 79.9. The van der Waals surface area contributed by atoms with Gasteiger partial charge < -0.3 is 5.32 Å². The number of carbonyl (C=O) groups is 1. The van der Waals surface area contributed by atoms with Crippen molar-refractivity contribution in [2.24, 2.45) is 0 Å². The van der Waals surface area contributed by atoms with E-state index in [1.807, 2.05) is 48.7 Å². The van der Waals surface area contributed by atoms with Gasteiger partial charge in [0.1, 0.15) is 0 Å². The van der Waals surface area contributed by atoms with E-state index in [1.165, 1.54) is 0 Å². The summed E-state index contributed by atoms with van der Waals surface area (Å²) in [6.07, 6.45) is 1.85. The summed E-state index contributed by atoms with van der Waals surface area (Å²) in [5, 5.41) is 7.16. The monoisotopic (exact) mass is 355 g/mol. The summed E-state index contributed by atoms with van der Waals surface area (Å²) < 4.78 is 2.74. The summed E-state index contributed by atoms with van der Waals surface area (Å²) in [4.78, 5) is 12.1. The number of anilines is 1. The first kappa shape index (κ1) is 14.5. The molecule has 4 nitrogen and oxygen atoms in total. The lowest BCUT2D eigenvalue weighted by molar-refractivity contribution is 0.102. The maximum Gasteiger partial charge on any atom is 0.256 e. The van der Waals surface area contributed by atoms with Crippen LogP contribution in [0.3, 0.4) is 0 Å². The van der Waals surface area contributed by atoms with Crippen molar-refractivity contribution in [3.8, 4) is 0 Å². The number of amides is 1. The van der Waals surface area contributed by atoms with E-state index in [0.29, 0.717) is 17.9 Å². The van der Waals surface area contributed by atoms with Crippen LogP contribution in [0.15, 0.2) is 71.3 Å². The van der Waals surface area contributed by atoms with Gasteiger partial charge in [0, 0.05) is 22.3 Å². The minimum Gasteiger partial charge on any atom is -0.305 e. The third-order valence-electron chi connectivity index (χ3n) is 3.18. The number of aromatic nitrogens is 2. The first-order valence-corrected chi connectivity index (χ1v) is 7.64. The highest BCUT2D eigenvalue weighted by Crippen LogP contribution is 2.12. The fourth-order valence-corrected chi connectivity index (χ4v) is 2.34. The molecule has 1 amide bonds. The second kappa shape index (κ2) is 6.58. The predicted molar refractivity (Wildman–Crippen MR) is 89.9 cm³/mol. The molecule has 0 saturated carbocycles. The van der Waals surface area contributed by atoms with Crippen molar-refractivity contribution in [3.05, 3.63) is 82.5 Å². The van der Waals surface area contributed by atoms with Gasteiger partial charge in [0.2, 0.25) is 0 Å². The Bertz CT molecular complexity index is 766.